The van der Waals surface area contributed by atoms with Gasteiger partial charge in [-0.3, -0.25) is 9.10 Å². The number of anilines is 1. The Hall–Kier alpha value is -2.38. The lowest BCUT2D eigenvalue weighted by atomic mass is 10.2. The molecule has 1 aliphatic heterocycles. The van der Waals surface area contributed by atoms with Crippen molar-refractivity contribution in [3.63, 3.8) is 0 Å². The molecule has 138 valence electrons. The van der Waals surface area contributed by atoms with Crippen LogP contribution < -0.4 is 4.31 Å². The van der Waals surface area contributed by atoms with E-state index in [9.17, 15) is 13.2 Å². The van der Waals surface area contributed by atoms with Crippen molar-refractivity contribution in [1.29, 1.82) is 0 Å². The minimum atomic E-state index is -3.76. The summed E-state index contributed by atoms with van der Waals surface area (Å²) in [6.07, 6.45) is 0. The molecule has 0 bridgehead atoms. The summed E-state index contributed by atoms with van der Waals surface area (Å²) in [7, 11) is -2.24. The lowest BCUT2D eigenvalue weighted by molar-refractivity contribution is 0.0302. The summed E-state index contributed by atoms with van der Waals surface area (Å²) in [5, 5.41) is 0. The zero-order valence-corrected chi connectivity index (χ0v) is 15.7. The molecular weight excluding hydrogens is 352 g/mol. The number of nitrogens with zero attached hydrogens (tertiary/aromatic N) is 2. The second kappa shape index (κ2) is 7.47. The van der Waals surface area contributed by atoms with Crippen LogP contribution in [0, 0.1) is 6.92 Å². The van der Waals surface area contributed by atoms with Crippen molar-refractivity contribution in [1.82, 2.24) is 4.90 Å². The van der Waals surface area contributed by atoms with Crippen molar-refractivity contribution in [3.8, 4) is 0 Å². The predicted molar refractivity (Wildman–Crippen MR) is 99.9 cm³/mol. The van der Waals surface area contributed by atoms with Gasteiger partial charge in [0, 0.05) is 25.7 Å². The molecule has 0 N–H and O–H groups in total. The third kappa shape index (κ3) is 3.73. The fraction of sp³-hybridized carbons (Fsp3) is 0.316. The van der Waals surface area contributed by atoms with Crippen LogP contribution in [-0.4, -0.2) is 52.6 Å². The van der Waals surface area contributed by atoms with Gasteiger partial charge in [0.25, 0.3) is 15.9 Å². The van der Waals surface area contributed by atoms with Gasteiger partial charge in [0.05, 0.1) is 23.8 Å². The summed E-state index contributed by atoms with van der Waals surface area (Å²) in [6.45, 7) is 3.93. The highest BCUT2D eigenvalue weighted by Gasteiger charge is 2.24. The van der Waals surface area contributed by atoms with E-state index in [-0.39, 0.29) is 10.8 Å². The number of aryl methyl sites for hydroxylation is 1. The lowest BCUT2D eigenvalue weighted by Crippen LogP contribution is -2.40. The molecule has 3 rings (SSSR count). The van der Waals surface area contributed by atoms with Crippen molar-refractivity contribution in [2.24, 2.45) is 0 Å². The first kappa shape index (κ1) is 18.4. The van der Waals surface area contributed by atoms with Crippen molar-refractivity contribution in [2.45, 2.75) is 11.8 Å². The molecule has 1 heterocycles. The number of amides is 1. The minimum absolute atomic E-state index is 0.0978. The van der Waals surface area contributed by atoms with Gasteiger partial charge in [0.15, 0.2) is 0 Å². The second-order valence-electron chi connectivity index (χ2n) is 6.24. The van der Waals surface area contributed by atoms with Crippen LogP contribution in [0.15, 0.2) is 53.4 Å². The Labute approximate surface area is 154 Å². The number of carbonyl (C=O) groups excluding carboxylic acids is 1. The molecule has 0 spiro atoms. The molecule has 1 fully saturated rings. The van der Waals surface area contributed by atoms with E-state index in [4.69, 9.17) is 4.74 Å². The van der Waals surface area contributed by atoms with Crippen LogP contribution in [-0.2, 0) is 14.8 Å². The highest BCUT2D eigenvalue weighted by Crippen LogP contribution is 2.23. The molecule has 1 aliphatic rings. The highest BCUT2D eigenvalue weighted by atomic mass is 32.2. The molecule has 0 aliphatic carbocycles. The molecule has 0 unspecified atom stereocenters. The molecule has 0 aromatic heterocycles. The molecule has 0 radical (unpaired) electrons. The van der Waals surface area contributed by atoms with Crippen molar-refractivity contribution in [3.05, 3.63) is 59.7 Å². The molecule has 6 nitrogen and oxygen atoms in total. The number of sulfonamides is 1. The molecule has 0 saturated carbocycles. The van der Waals surface area contributed by atoms with Crippen LogP contribution in [0.2, 0.25) is 0 Å². The molecule has 2 aromatic carbocycles. The van der Waals surface area contributed by atoms with Crippen molar-refractivity contribution in [2.75, 3.05) is 37.7 Å². The van der Waals surface area contributed by atoms with Gasteiger partial charge in [-0.25, -0.2) is 8.42 Å². The zero-order valence-electron chi connectivity index (χ0n) is 14.9. The zero-order chi connectivity index (χ0) is 18.7. The predicted octanol–water partition coefficient (Wildman–Crippen LogP) is 2.29. The van der Waals surface area contributed by atoms with Gasteiger partial charge >= 0.3 is 0 Å². The fourth-order valence-electron chi connectivity index (χ4n) is 2.86. The van der Waals surface area contributed by atoms with Gasteiger partial charge < -0.3 is 9.64 Å². The number of hydrogen-bond acceptors (Lipinski definition) is 4. The van der Waals surface area contributed by atoms with E-state index in [1.165, 1.54) is 23.5 Å². The fourth-order valence-corrected chi connectivity index (χ4v) is 4.09. The van der Waals surface area contributed by atoms with Crippen molar-refractivity contribution < 1.29 is 17.9 Å². The van der Waals surface area contributed by atoms with Gasteiger partial charge in [-0.15, -0.1) is 0 Å². The van der Waals surface area contributed by atoms with Crippen LogP contribution in [0.4, 0.5) is 5.69 Å². The lowest BCUT2D eigenvalue weighted by Gasteiger charge is -2.27. The van der Waals surface area contributed by atoms with Gasteiger partial charge in [-0.2, -0.15) is 0 Å². The summed E-state index contributed by atoms with van der Waals surface area (Å²) in [4.78, 5) is 14.4. The van der Waals surface area contributed by atoms with E-state index in [1.54, 1.807) is 29.2 Å². The molecule has 0 atom stereocenters. The van der Waals surface area contributed by atoms with Gasteiger partial charge in [0.2, 0.25) is 0 Å². The average Bonchev–Trinajstić information content (AvgIpc) is 2.67. The van der Waals surface area contributed by atoms with Crippen LogP contribution in [0.25, 0.3) is 0 Å². The number of rotatable bonds is 4. The number of carbonyl (C=O) groups is 1. The molecular formula is C19H22N2O4S. The third-order valence-electron chi connectivity index (χ3n) is 4.40. The quantitative estimate of drug-likeness (QED) is 0.824. The molecule has 26 heavy (non-hydrogen) atoms. The number of benzene rings is 2. The van der Waals surface area contributed by atoms with Gasteiger partial charge in [-0.1, -0.05) is 18.2 Å². The van der Waals surface area contributed by atoms with E-state index in [0.717, 1.165) is 5.56 Å². The first-order chi connectivity index (χ1) is 12.4. The largest absolute Gasteiger partial charge is 0.378 e. The van der Waals surface area contributed by atoms with Crippen LogP contribution in [0.3, 0.4) is 0 Å². The maximum Gasteiger partial charge on any atom is 0.264 e. The summed E-state index contributed by atoms with van der Waals surface area (Å²) in [6, 6.07) is 13.5. The molecule has 7 heteroatoms. The Balaban J connectivity index is 1.89. The first-order valence-corrected chi connectivity index (χ1v) is 9.86. The Kier molecular flexibility index (Phi) is 5.29. The Morgan fingerprint density at radius 2 is 1.77 bits per heavy atom. The average molecular weight is 374 g/mol. The minimum Gasteiger partial charge on any atom is -0.378 e. The smallest absolute Gasteiger partial charge is 0.264 e. The topological polar surface area (TPSA) is 66.9 Å². The standard InChI is InChI=1S/C19H22N2O4S/c1-15-5-3-7-17(13-15)20(2)26(23,24)18-8-4-6-16(14-18)19(22)21-9-11-25-12-10-21/h3-8,13-14H,9-12H2,1-2H3. The third-order valence-corrected chi connectivity index (χ3v) is 6.18. The number of morpholine rings is 1. The maximum absolute atomic E-state index is 13.0. The first-order valence-electron chi connectivity index (χ1n) is 8.42. The van der Waals surface area contributed by atoms with E-state index >= 15 is 0 Å². The van der Waals surface area contributed by atoms with Crippen LogP contribution >= 0.6 is 0 Å². The Morgan fingerprint density at radius 1 is 1.08 bits per heavy atom. The molecule has 1 saturated heterocycles. The SMILES string of the molecule is Cc1cccc(N(C)S(=O)(=O)c2cccc(C(=O)N3CCOCC3)c2)c1. The van der Waals surface area contributed by atoms with E-state index < -0.39 is 10.0 Å². The Morgan fingerprint density at radius 3 is 2.46 bits per heavy atom. The van der Waals surface area contributed by atoms with Gasteiger partial charge in [0.1, 0.15) is 0 Å². The van der Waals surface area contributed by atoms with Crippen molar-refractivity contribution >= 4 is 21.6 Å². The number of ether oxygens (including phenoxy) is 1. The van der Waals surface area contributed by atoms with Crippen LogP contribution in [0.1, 0.15) is 15.9 Å². The summed E-state index contributed by atoms with van der Waals surface area (Å²) >= 11 is 0. The maximum atomic E-state index is 13.0. The molecule has 1 amide bonds. The molecule has 2 aromatic rings. The van der Waals surface area contributed by atoms with Gasteiger partial charge in [-0.05, 0) is 42.8 Å². The monoisotopic (exact) mass is 374 g/mol. The normalized spacial score (nSPS) is 14.9. The highest BCUT2D eigenvalue weighted by molar-refractivity contribution is 7.92. The van der Waals surface area contributed by atoms with Crippen LogP contribution in [0.5, 0.6) is 0 Å². The Bertz CT molecular complexity index is 905. The second-order valence-corrected chi connectivity index (χ2v) is 8.21. The van der Waals surface area contributed by atoms with E-state index in [0.29, 0.717) is 37.6 Å². The van der Waals surface area contributed by atoms with E-state index in [2.05, 4.69) is 0 Å². The summed E-state index contributed by atoms with van der Waals surface area (Å²) in [5.41, 5.74) is 1.92. The van der Waals surface area contributed by atoms with E-state index in [1.807, 2.05) is 19.1 Å². The number of hydrogen-bond donors (Lipinski definition) is 0. The summed E-state index contributed by atoms with van der Waals surface area (Å²) < 4.78 is 32.4. The summed E-state index contributed by atoms with van der Waals surface area (Å²) in [5.74, 6) is -0.177.